The first-order valence-electron chi connectivity index (χ1n) is 8.20. The summed E-state index contributed by atoms with van der Waals surface area (Å²) in [5.74, 6) is 0.770. The molecule has 1 heterocycles. The Balaban J connectivity index is 1.79. The second-order valence-electron chi connectivity index (χ2n) is 7.33. The Morgan fingerprint density at radius 2 is 1.96 bits per heavy atom. The number of hydrogen-bond donors (Lipinski definition) is 2. The van der Waals surface area contributed by atoms with Gasteiger partial charge in [0.2, 0.25) is 0 Å². The Kier molecular flexibility index (Phi) is 4.16. The quantitative estimate of drug-likeness (QED) is 0.854. The smallest absolute Gasteiger partial charge is 0.408 e. The number of amides is 1. The Morgan fingerprint density at radius 3 is 2.50 bits per heavy atom. The minimum absolute atomic E-state index is 0.410. The van der Waals surface area contributed by atoms with E-state index in [-0.39, 0.29) is 0 Å². The standard InChI is InChI=1S/C18H22BN3O2/c1-17(2,3)24-16(23)22-18(9-4-10-18)15-20-11-14(21-15)12-5-7-13(19)8-6-12/h5-8,11H,4,9-10H2,1-3H3,(H,20,21)(H,22,23). The van der Waals surface area contributed by atoms with Crippen molar-refractivity contribution in [3.8, 4) is 11.3 Å². The molecule has 6 heteroatoms. The number of imidazole rings is 1. The maximum absolute atomic E-state index is 12.2. The first-order chi connectivity index (χ1) is 11.3. The van der Waals surface area contributed by atoms with Gasteiger partial charge in [0.05, 0.1) is 11.9 Å². The molecule has 1 amide bonds. The van der Waals surface area contributed by atoms with Crippen molar-refractivity contribution in [3.05, 3.63) is 36.3 Å². The number of carbonyl (C=O) groups excluding carboxylic acids is 1. The van der Waals surface area contributed by atoms with Crippen LogP contribution in [0.4, 0.5) is 4.79 Å². The van der Waals surface area contributed by atoms with Crippen LogP contribution in [0.3, 0.4) is 0 Å². The molecule has 0 unspecified atom stereocenters. The molecule has 124 valence electrons. The van der Waals surface area contributed by atoms with Crippen molar-refractivity contribution in [2.24, 2.45) is 0 Å². The summed E-state index contributed by atoms with van der Waals surface area (Å²) in [5.41, 5.74) is 1.65. The van der Waals surface area contributed by atoms with Gasteiger partial charge in [-0.3, -0.25) is 0 Å². The third-order valence-electron chi connectivity index (χ3n) is 4.20. The van der Waals surface area contributed by atoms with Crippen molar-refractivity contribution in [2.75, 3.05) is 0 Å². The lowest BCUT2D eigenvalue weighted by Crippen LogP contribution is -2.52. The molecule has 0 spiro atoms. The van der Waals surface area contributed by atoms with Crippen molar-refractivity contribution in [1.29, 1.82) is 0 Å². The Morgan fingerprint density at radius 1 is 1.29 bits per heavy atom. The number of ether oxygens (including phenoxy) is 1. The third-order valence-corrected chi connectivity index (χ3v) is 4.20. The molecule has 1 aromatic carbocycles. The van der Waals surface area contributed by atoms with E-state index in [9.17, 15) is 4.79 Å². The number of carbonyl (C=O) groups is 1. The summed E-state index contributed by atoms with van der Waals surface area (Å²) in [4.78, 5) is 20.0. The lowest BCUT2D eigenvalue weighted by atomic mass is 9.76. The van der Waals surface area contributed by atoms with Gasteiger partial charge in [-0.15, -0.1) is 0 Å². The molecule has 2 N–H and O–H groups in total. The number of benzene rings is 1. The zero-order valence-corrected chi connectivity index (χ0v) is 14.3. The largest absolute Gasteiger partial charge is 0.444 e. The maximum Gasteiger partial charge on any atom is 0.408 e. The van der Waals surface area contributed by atoms with Crippen molar-refractivity contribution in [1.82, 2.24) is 15.3 Å². The summed E-state index contributed by atoms with van der Waals surface area (Å²) < 4.78 is 5.39. The van der Waals surface area contributed by atoms with Crippen LogP contribution in [0.25, 0.3) is 11.3 Å². The van der Waals surface area contributed by atoms with E-state index >= 15 is 0 Å². The van der Waals surface area contributed by atoms with Gasteiger partial charge in [-0.25, -0.2) is 9.78 Å². The molecule has 1 fully saturated rings. The summed E-state index contributed by atoms with van der Waals surface area (Å²) in [6.45, 7) is 5.56. The fraction of sp³-hybridized carbons (Fsp3) is 0.444. The molecule has 0 bridgehead atoms. The van der Waals surface area contributed by atoms with E-state index < -0.39 is 17.2 Å². The summed E-state index contributed by atoms with van der Waals surface area (Å²) in [6, 6.07) is 7.60. The first kappa shape index (κ1) is 16.6. The van der Waals surface area contributed by atoms with Crippen LogP contribution in [0.15, 0.2) is 30.5 Å². The van der Waals surface area contributed by atoms with Gasteiger partial charge in [-0.1, -0.05) is 29.7 Å². The van der Waals surface area contributed by atoms with E-state index in [4.69, 9.17) is 12.6 Å². The molecule has 5 nitrogen and oxygen atoms in total. The monoisotopic (exact) mass is 323 g/mol. The second kappa shape index (κ2) is 6.00. The van der Waals surface area contributed by atoms with Crippen LogP contribution in [-0.4, -0.2) is 29.5 Å². The summed E-state index contributed by atoms with van der Waals surface area (Å²) >= 11 is 0. The van der Waals surface area contributed by atoms with Crippen molar-refractivity contribution in [3.63, 3.8) is 0 Å². The van der Waals surface area contributed by atoms with Crippen LogP contribution in [-0.2, 0) is 10.3 Å². The summed E-state index contributed by atoms with van der Waals surface area (Å²) in [7, 11) is 5.73. The number of rotatable bonds is 3. The minimum Gasteiger partial charge on any atom is -0.444 e. The fourth-order valence-electron chi connectivity index (χ4n) is 2.82. The average Bonchev–Trinajstić information content (AvgIpc) is 2.91. The molecular formula is C18H22BN3O2. The molecule has 1 aliphatic rings. The van der Waals surface area contributed by atoms with Gasteiger partial charge in [-0.05, 0) is 45.6 Å². The number of H-pyrrole nitrogens is 1. The van der Waals surface area contributed by atoms with Crippen LogP contribution < -0.4 is 10.8 Å². The molecule has 0 atom stereocenters. The van der Waals surface area contributed by atoms with Gasteiger partial charge < -0.3 is 15.0 Å². The predicted octanol–water partition coefficient (Wildman–Crippen LogP) is 2.77. The number of nitrogens with one attached hydrogen (secondary N) is 2. The number of alkyl carbamates (subject to hydrolysis) is 1. The van der Waals surface area contributed by atoms with Crippen molar-refractivity contribution >= 4 is 19.4 Å². The van der Waals surface area contributed by atoms with Crippen molar-refractivity contribution in [2.45, 2.75) is 51.2 Å². The SMILES string of the molecule is [B]c1ccc(-c2cnc(C3(NC(=O)OC(C)(C)C)CCC3)[nH]2)cc1. The molecule has 1 aliphatic carbocycles. The highest BCUT2D eigenvalue weighted by molar-refractivity contribution is 6.32. The van der Waals surface area contributed by atoms with Gasteiger partial charge in [0.25, 0.3) is 0 Å². The number of aromatic amines is 1. The highest BCUT2D eigenvalue weighted by Crippen LogP contribution is 2.40. The lowest BCUT2D eigenvalue weighted by Gasteiger charge is -2.40. The molecule has 1 aromatic heterocycles. The molecule has 24 heavy (non-hydrogen) atoms. The fourth-order valence-corrected chi connectivity index (χ4v) is 2.82. The normalized spacial score (nSPS) is 16.3. The first-order valence-corrected chi connectivity index (χ1v) is 8.20. The Bertz CT molecular complexity index is 727. The third kappa shape index (κ3) is 3.47. The van der Waals surface area contributed by atoms with E-state index in [2.05, 4.69) is 15.3 Å². The van der Waals surface area contributed by atoms with Crippen LogP contribution in [0.1, 0.15) is 45.9 Å². The zero-order chi connectivity index (χ0) is 17.4. The number of aromatic nitrogens is 2. The lowest BCUT2D eigenvalue weighted by molar-refractivity contribution is 0.0366. The van der Waals surface area contributed by atoms with Gasteiger partial charge in [0, 0.05) is 0 Å². The van der Waals surface area contributed by atoms with Gasteiger partial charge in [0.15, 0.2) is 0 Å². The van der Waals surface area contributed by atoms with E-state index in [0.29, 0.717) is 0 Å². The number of hydrogen-bond acceptors (Lipinski definition) is 3. The van der Waals surface area contributed by atoms with E-state index in [1.807, 2.05) is 45.0 Å². The maximum atomic E-state index is 12.2. The average molecular weight is 323 g/mol. The van der Waals surface area contributed by atoms with Crippen molar-refractivity contribution < 1.29 is 9.53 Å². The van der Waals surface area contributed by atoms with E-state index in [0.717, 1.165) is 41.8 Å². The highest BCUT2D eigenvalue weighted by Gasteiger charge is 2.43. The highest BCUT2D eigenvalue weighted by atomic mass is 16.6. The van der Waals surface area contributed by atoms with Gasteiger partial charge in [0.1, 0.15) is 24.8 Å². The molecule has 3 rings (SSSR count). The zero-order valence-electron chi connectivity index (χ0n) is 14.3. The van der Waals surface area contributed by atoms with E-state index in [1.54, 1.807) is 6.20 Å². The molecule has 1 saturated carbocycles. The summed E-state index contributed by atoms with van der Waals surface area (Å²) in [6.07, 6.45) is 4.13. The van der Waals surface area contributed by atoms with Crippen LogP contribution in [0.2, 0.25) is 0 Å². The Labute approximate surface area is 143 Å². The molecule has 0 saturated heterocycles. The number of nitrogens with zero attached hydrogens (tertiary/aromatic N) is 1. The molecule has 2 radical (unpaired) electrons. The van der Waals surface area contributed by atoms with Gasteiger partial charge >= 0.3 is 6.09 Å². The van der Waals surface area contributed by atoms with Crippen LogP contribution in [0.5, 0.6) is 0 Å². The molecular weight excluding hydrogens is 301 g/mol. The summed E-state index contributed by atoms with van der Waals surface area (Å²) in [5, 5.41) is 3.00. The molecule has 2 aromatic rings. The second-order valence-corrected chi connectivity index (χ2v) is 7.33. The predicted molar refractivity (Wildman–Crippen MR) is 94.3 cm³/mol. The topological polar surface area (TPSA) is 67.0 Å². The Hall–Kier alpha value is -2.24. The van der Waals surface area contributed by atoms with Crippen LogP contribution in [0, 0.1) is 0 Å². The molecule has 0 aliphatic heterocycles. The van der Waals surface area contributed by atoms with E-state index in [1.165, 1.54) is 0 Å². The van der Waals surface area contributed by atoms with Crippen LogP contribution >= 0.6 is 0 Å². The minimum atomic E-state index is -0.521. The van der Waals surface area contributed by atoms with Gasteiger partial charge in [-0.2, -0.15) is 0 Å².